The second kappa shape index (κ2) is 5.91. The van der Waals surface area contributed by atoms with Crippen LogP contribution < -0.4 is 10.2 Å². The molecule has 22 heavy (non-hydrogen) atoms. The Labute approximate surface area is 133 Å². The van der Waals surface area contributed by atoms with Gasteiger partial charge in [0.25, 0.3) is 5.91 Å². The van der Waals surface area contributed by atoms with Crippen molar-refractivity contribution in [3.63, 3.8) is 0 Å². The predicted molar refractivity (Wildman–Crippen MR) is 88.5 cm³/mol. The molecule has 4 nitrogen and oxygen atoms in total. The zero-order chi connectivity index (χ0) is 15.5. The van der Waals surface area contributed by atoms with Crippen molar-refractivity contribution in [2.24, 2.45) is 0 Å². The van der Waals surface area contributed by atoms with Crippen molar-refractivity contribution >= 4 is 34.7 Å². The summed E-state index contributed by atoms with van der Waals surface area (Å²) in [5.41, 5.74) is 1.37. The van der Waals surface area contributed by atoms with E-state index in [9.17, 15) is 9.59 Å². The van der Waals surface area contributed by atoms with Gasteiger partial charge in [0.05, 0.1) is 5.69 Å². The predicted octanol–water partition coefficient (Wildman–Crippen LogP) is 2.67. The average molecular weight is 308 g/mol. The van der Waals surface area contributed by atoms with Crippen LogP contribution in [0.4, 0.5) is 5.69 Å². The van der Waals surface area contributed by atoms with Gasteiger partial charge in [-0.2, -0.15) is 0 Å². The zero-order valence-corrected chi connectivity index (χ0v) is 12.3. The molecule has 1 heterocycles. The van der Waals surface area contributed by atoms with E-state index in [2.05, 4.69) is 5.32 Å². The standard InChI is InChI=1S/C17H12N2O2S/c20-15(12-7-3-1-4-8-12)11-14-16(21)19(17(22)18-14)13-9-5-2-6-10-13/h1-11H,(H,18,22)/b14-11+. The van der Waals surface area contributed by atoms with E-state index >= 15 is 0 Å². The molecule has 5 heteroatoms. The number of hydrogen-bond acceptors (Lipinski definition) is 3. The highest BCUT2D eigenvalue weighted by Gasteiger charge is 2.32. The molecule has 1 N–H and O–H groups in total. The molecule has 0 bridgehead atoms. The largest absolute Gasteiger partial charge is 0.327 e. The number of ketones is 1. The van der Waals surface area contributed by atoms with Crippen LogP contribution in [0.3, 0.4) is 0 Å². The number of para-hydroxylation sites is 1. The summed E-state index contributed by atoms with van der Waals surface area (Å²) in [4.78, 5) is 26.0. The molecule has 0 atom stereocenters. The molecule has 0 radical (unpaired) electrons. The summed E-state index contributed by atoms with van der Waals surface area (Å²) in [6.45, 7) is 0. The number of nitrogens with one attached hydrogen (secondary N) is 1. The first kappa shape index (κ1) is 14.2. The third kappa shape index (κ3) is 2.66. The molecular formula is C17H12N2O2S. The Hall–Kier alpha value is -2.79. The van der Waals surface area contributed by atoms with Gasteiger partial charge < -0.3 is 5.32 Å². The summed E-state index contributed by atoms with van der Waals surface area (Å²) in [6.07, 6.45) is 1.28. The highest BCUT2D eigenvalue weighted by Crippen LogP contribution is 2.21. The van der Waals surface area contributed by atoms with Gasteiger partial charge in [-0.05, 0) is 24.4 Å². The van der Waals surface area contributed by atoms with Gasteiger partial charge in [0.2, 0.25) is 0 Å². The van der Waals surface area contributed by atoms with Gasteiger partial charge in [-0.3, -0.25) is 14.5 Å². The molecule has 3 rings (SSSR count). The summed E-state index contributed by atoms with van der Waals surface area (Å²) in [7, 11) is 0. The average Bonchev–Trinajstić information content (AvgIpc) is 2.83. The van der Waals surface area contributed by atoms with Crippen LogP contribution in [-0.4, -0.2) is 16.8 Å². The first-order valence-corrected chi connectivity index (χ1v) is 7.09. The summed E-state index contributed by atoms with van der Waals surface area (Å²) < 4.78 is 0. The molecule has 0 aromatic heterocycles. The molecule has 0 unspecified atom stereocenters. The van der Waals surface area contributed by atoms with Crippen molar-refractivity contribution in [2.45, 2.75) is 0 Å². The first-order chi connectivity index (χ1) is 10.7. The lowest BCUT2D eigenvalue weighted by Gasteiger charge is -2.13. The molecule has 2 aromatic rings. The molecule has 1 aliphatic rings. The van der Waals surface area contributed by atoms with E-state index in [4.69, 9.17) is 12.2 Å². The number of thiocarbonyl (C=S) groups is 1. The summed E-state index contributed by atoms with van der Waals surface area (Å²) in [6, 6.07) is 17.8. The second-order valence-electron chi connectivity index (χ2n) is 4.69. The molecule has 1 amide bonds. The number of carbonyl (C=O) groups is 2. The molecule has 0 aliphatic carbocycles. The van der Waals surface area contributed by atoms with Crippen molar-refractivity contribution in [2.75, 3.05) is 4.90 Å². The normalized spacial score (nSPS) is 16.0. The van der Waals surface area contributed by atoms with Gasteiger partial charge in [-0.25, -0.2) is 0 Å². The van der Waals surface area contributed by atoms with E-state index in [0.717, 1.165) is 0 Å². The Bertz CT molecular complexity index is 770. The molecule has 2 aromatic carbocycles. The molecule has 0 saturated carbocycles. The third-order valence-electron chi connectivity index (χ3n) is 3.23. The van der Waals surface area contributed by atoms with Gasteiger partial charge >= 0.3 is 0 Å². The monoisotopic (exact) mass is 308 g/mol. The number of benzene rings is 2. The number of nitrogens with zero attached hydrogens (tertiary/aromatic N) is 1. The van der Waals surface area contributed by atoms with Crippen molar-refractivity contribution in [3.8, 4) is 0 Å². The number of anilines is 1. The molecule has 1 saturated heterocycles. The second-order valence-corrected chi connectivity index (χ2v) is 5.08. The van der Waals surface area contributed by atoms with Gasteiger partial charge in [-0.1, -0.05) is 48.5 Å². The summed E-state index contributed by atoms with van der Waals surface area (Å²) >= 11 is 5.19. The lowest BCUT2D eigenvalue weighted by Crippen LogP contribution is -2.30. The Morgan fingerprint density at radius 3 is 2.23 bits per heavy atom. The Kier molecular flexibility index (Phi) is 3.80. The third-order valence-corrected chi connectivity index (χ3v) is 3.51. The minimum Gasteiger partial charge on any atom is -0.327 e. The zero-order valence-electron chi connectivity index (χ0n) is 11.5. The van der Waals surface area contributed by atoms with Crippen LogP contribution >= 0.6 is 12.2 Å². The maximum absolute atomic E-state index is 12.4. The van der Waals surface area contributed by atoms with E-state index in [1.807, 2.05) is 24.3 Å². The minimum absolute atomic E-state index is 0.183. The van der Waals surface area contributed by atoms with Crippen molar-refractivity contribution in [3.05, 3.63) is 78.0 Å². The maximum Gasteiger partial charge on any atom is 0.281 e. The number of hydrogen-bond donors (Lipinski definition) is 1. The van der Waals surface area contributed by atoms with Crippen LogP contribution in [0.2, 0.25) is 0 Å². The first-order valence-electron chi connectivity index (χ1n) is 6.68. The maximum atomic E-state index is 12.4. The van der Waals surface area contributed by atoms with Crippen LogP contribution in [0.15, 0.2) is 72.4 Å². The molecular weight excluding hydrogens is 296 g/mol. The van der Waals surface area contributed by atoms with E-state index < -0.39 is 0 Å². The quantitative estimate of drug-likeness (QED) is 0.538. The minimum atomic E-state index is -0.333. The van der Waals surface area contributed by atoms with Crippen molar-refractivity contribution in [1.82, 2.24) is 5.32 Å². The van der Waals surface area contributed by atoms with Gasteiger partial charge in [-0.15, -0.1) is 0 Å². The van der Waals surface area contributed by atoms with E-state index in [0.29, 0.717) is 11.3 Å². The highest BCUT2D eigenvalue weighted by atomic mass is 32.1. The van der Waals surface area contributed by atoms with Gasteiger partial charge in [0.15, 0.2) is 10.9 Å². The van der Waals surface area contributed by atoms with Gasteiger partial charge in [0.1, 0.15) is 5.70 Å². The fraction of sp³-hybridized carbons (Fsp3) is 0. The fourth-order valence-electron chi connectivity index (χ4n) is 2.16. The number of amides is 1. The molecule has 108 valence electrons. The number of rotatable bonds is 3. The highest BCUT2D eigenvalue weighted by molar-refractivity contribution is 7.80. The summed E-state index contributed by atoms with van der Waals surface area (Å²) in [5, 5.41) is 3.07. The van der Waals surface area contributed by atoms with Crippen LogP contribution in [-0.2, 0) is 4.79 Å². The lowest BCUT2D eigenvalue weighted by atomic mass is 10.1. The fourth-order valence-corrected chi connectivity index (χ4v) is 2.46. The van der Waals surface area contributed by atoms with Gasteiger partial charge in [0, 0.05) is 11.6 Å². The number of allylic oxidation sites excluding steroid dienone is 1. The number of carbonyl (C=O) groups excluding carboxylic acids is 2. The SMILES string of the molecule is O=C(/C=C1/NC(=S)N(c2ccccc2)C1=O)c1ccccc1. The Morgan fingerprint density at radius 1 is 1.00 bits per heavy atom. The van der Waals surface area contributed by atoms with Crippen LogP contribution in [0.25, 0.3) is 0 Å². The molecule has 0 spiro atoms. The smallest absolute Gasteiger partial charge is 0.281 e. The molecule has 1 fully saturated rings. The Balaban J connectivity index is 1.88. The molecule has 1 aliphatic heterocycles. The van der Waals surface area contributed by atoms with E-state index in [-0.39, 0.29) is 22.5 Å². The van der Waals surface area contributed by atoms with Crippen LogP contribution in [0.1, 0.15) is 10.4 Å². The van der Waals surface area contributed by atoms with Crippen molar-refractivity contribution in [1.29, 1.82) is 0 Å². The Morgan fingerprint density at radius 2 is 1.59 bits per heavy atom. The summed E-state index contributed by atoms with van der Waals surface area (Å²) in [5.74, 6) is -0.574. The lowest BCUT2D eigenvalue weighted by molar-refractivity contribution is -0.113. The van der Waals surface area contributed by atoms with Crippen LogP contribution in [0.5, 0.6) is 0 Å². The van der Waals surface area contributed by atoms with Crippen molar-refractivity contribution < 1.29 is 9.59 Å². The van der Waals surface area contributed by atoms with E-state index in [1.54, 1.807) is 36.4 Å². The van der Waals surface area contributed by atoms with E-state index in [1.165, 1.54) is 11.0 Å². The topological polar surface area (TPSA) is 49.4 Å². The van der Waals surface area contributed by atoms with Crippen LogP contribution in [0, 0.1) is 0 Å².